The molecule has 0 aliphatic heterocycles. The summed E-state index contributed by atoms with van der Waals surface area (Å²) in [6, 6.07) is 14.9. The van der Waals surface area contributed by atoms with Gasteiger partial charge in [0.25, 0.3) is 0 Å². The first-order valence-corrected chi connectivity index (χ1v) is 7.31. The number of esters is 1. The van der Waals surface area contributed by atoms with Crippen LogP contribution in [0.1, 0.15) is 15.9 Å². The molecule has 0 bridgehead atoms. The Kier molecular flexibility index (Phi) is 4.83. The SMILES string of the molecule is COC(=O)c1cc(Sc2ccc(C#N)cc2)ccc1Br. The quantitative estimate of drug-likeness (QED) is 0.778. The van der Waals surface area contributed by atoms with Crippen molar-refractivity contribution >= 4 is 33.7 Å². The highest BCUT2D eigenvalue weighted by molar-refractivity contribution is 9.10. The lowest BCUT2D eigenvalue weighted by molar-refractivity contribution is 0.0599. The topological polar surface area (TPSA) is 50.1 Å². The van der Waals surface area contributed by atoms with Crippen LogP contribution in [0, 0.1) is 11.3 Å². The molecule has 5 heteroatoms. The van der Waals surface area contributed by atoms with E-state index in [9.17, 15) is 4.79 Å². The fourth-order valence-corrected chi connectivity index (χ4v) is 2.83. The van der Waals surface area contributed by atoms with Crippen LogP contribution in [0.2, 0.25) is 0 Å². The van der Waals surface area contributed by atoms with Crippen molar-refractivity contribution in [3.8, 4) is 6.07 Å². The highest BCUT2D eigenvalue weighted by Crippen LogP contribution is 2.31. The molecule has 0 aliphatic carbocycles. The molecule has 0 aromatic heterocycles. The summed E-state index contributed by atoms with van der Waals surface area (Å²) in [5.41, 5.74) is 1.12. The molecular weight excluding hydrogens is 338 g/mol. The molecule has 0 aliphatic rings. The summed E-state index contributed by atoms with van der Waals surface area (Å²) >= 11 is 4.85. The largest absolute Gasteiger partial charge is 0.465 e. The normalized spacial score (nSPS) is 9.85. The summed E-state index contributed by atoms with van der Waals surface area (Å²) in [5, 5.41) is 8.76. The van der Waals surface area contributed by atoms with E-state index in [1.165, 1.54) is 18.9 Å². The van der Waals surface area contributed by atoms with E-state index >= 15 is 0 Å². The molecule has 0 atom stereocenters. The summed E-state index contributed by atoms with van der Waals surface area (Å²) in [7, 11) is 1.36. The maximum absolute atomic E-state index is 11.6. The van der Waals surface area contributed by atoms with Crippen molar-refractivity contribution < 1.29 is 9.53 Å². The minimum atomic E-state index is -0.376. The Morgan fingerprint density at radius 3 is 2.45 bits per heavy atom. The number of benzene rings is 2. The van der Waals surface area contributed by atoms with E-state index in [0.717, 1.165) is 9.79 Å². The molecule has 0 unspecified atom stereocenters. The molecule has 0 fully saturated rings. The number of hydrogen-bond acceptors (Lipinski definition) is 4. The maximum Gasteiger partial charge on any atom is 0.339 e. The van der Waals surface area contributed by atoms with Crippen LogP contribution in [0.15, 0.2) is 56.7 Å². The Labute approximate surface area is 129 Å². The second-order valence-electron chi connectivity index (χ2n) is 3.87. The number of rotatable bonds is 3. The zero-order chi connectivity index (χ0) is 14.5. The third-order valence-electron chi connectivity index (χ3n) is 2.56. The van der Waals surface area contributed by atoms with E-state index in [4.69, 9.17) is 10.00 Å². The lowest BCUT2D eigenvalue weighted by atomic mass is 10.2. The molecular formula is C15H10BrNO2S. The van der Waals surface area contributed by atoms with Gasteiger partial charge in [-0.1, -0.05) is 11.8 Å². The monoisotopic (exact) mass is 347 g/mol. The van der Waals surface area contributed by atoms with Crippen LogP contribution >= 0.6 is 27.7 Å². The summed E-state index contributed by atoms with van der Waals surface area (Å²) in [6.45, 7) is 0. The molecule has 2 aromatic rings. The van der Waals surface area contributed by atoms with Crippen molar-refractivity contribution in [2.24, 2.45) is 0 Å². The Morgan fingerprint density at radius 2 is 1.85 bits per heavy atom. The molecule has 0 amide bonds. The standard InChI is InChI=1S/C15H10BrNO2S/c1-19-15(18)13-8-12(6-7-14(13)16)20-11-4-2-10(9-17)3-5-11/h2-8H,1H3. The summed E-state index contributed by atoms with van der Waals surface area (Å²) in [4.78, 5) is 13.6. The minimum Gasteiger partial charge on any atom is -0.465 e. The lowest BCUT2D eigenvalue weighted by Crippen LogP contribution is -2.02. The van der Waals surface area contributed by atoms with Gasteiger partial charge in [-0.2, -0.15) is 5.26 Å². The molecule has 0 saturated heterocycles. The average Bonchev–Trinajstić information content (AvgIpc) is 2.49. The van der Waals surface area contributed by atoms with Gasteiger partial charge in [0.15, 0.2) is 0 Å². The van der Waals surface area contributed by atoms with E-state index in [1.807, 2.05) is 24.3 Å². The molecule has 2 aromatic carbocycles. The first-order valence-electron chi connectivity index (χ1n) is 5.70. The average molecular weight is 348 g/mol. The Bertz CT molecular complexity index is 677. The van der Waals surface area contributed by atoms with Crippen LogP contribution in [-0.4, -0.2) is 13.1 Å². The van der Waals surface area contributed by atoms with Gasteiger partial charge in [0, 0.05) is 14.3 Å². The second-order valence-corrected chi connectivity index (χ2v) is 5.87. The number of nitrogens with zero attached hydrogens (tertiary/aromatic N) is 1. The molecule has 0 saturated carbocycles. The minimum absolute atomic E-state index is 0.376. The van der Waals surface area contributed by atoms with Crippen LogP contribution < -0.4 is 0 Å². The zero-order valence-electron chi connectivity index (χ0n) is 10.6. The third kappa shape index (κ3) is 3.41. The predicted octanol–water partition coefficient (Wildman–Crippen LogP) is 4.26. The fourth-order valence-electron chi connectivity index (χ4n) is 1.57. The van der Waals surface area contributed by atoms with Gasteiger partial charge in [-0.25, -0.2) is 4.79 Å². The van der Waals surface area contributed by atoms with Gasteiger partial charge in [0.2, 0.25) is 0 Å². The molecule has 0 N–H and O–H groups in total. The molecule has 0 radical (unpaired) electrons. The highest BCUT2D eigenvalue weighted by Gasteiger charge is 2.11. The van der Waals surface area contributed by atoms with Crippen LogP contribution in [0.4, 0.5) is 0 Å². The first kappa shape index (κ1) is 14.6. The van der Waals surface area contributed by atoms with Gasteiger partial charge in [0.1, 0.15) is 0 Å². The number of carbonyl (C=O) groups is 1. The number of nitriles is 1. The van der Waals surface area contributed by atoms with Crippen molar-refractivity contribution in [2.75, 3.05) is 7.11 Å². The Hall–Kier alpha value is -1.77. The van der Waals surface area contributed by atoms with Gasteiger partial charge < -0.3 is 4.74 Å². The van der Waals surface area contributed by atoms with Gasteiger partial charge in [-0.3, -0.25) is 0 Å². The van der Waals surface area contributed by atoms with Gasteiger partial charge in [0.05, 0.1) is 24.3 Å². The molecule has 0 spiro atoms. The number of carbonyl (C=O) groups excluding carboxylic acids is 1. The van der Waals surface area contributed by atoms with E-state index in [1.54, 1.807) is 18.2 Å². The van der Waals surface area contributed by atoms with Gasteiger partial charge in [-0.15, -0.1) is 0 Å². The van der Waals surface area contributed by atoms with Crippen LogP contribution in [0.5, 0.6) is 0 Å². The summed E-state index contributed by atoms with van der Waals surface area (Å²) in [6.07, 6.45) is 0. The van der Waals surface area contributed by atoms with Gasteiger partial charge in [-0.05, 0) is 58.4 Å². The Balaban J connectivity index is 2.25. The first-order chi connectivity index (χ1) is 9.63. The molecule has 20 heavy (non-hydrogen) atoms. The zero-order valence-corrected chi connectivity index (χ0v) is 13.0. The lowest BCUT2D eigenvalue weighted by Gasteiger charge is -2.06. The number of halogens is 1. The van der Waals surface area contributed by atoms with E-state index in [2.05, 4.69) is 22.0 Å². The van der Waals surface area contributed by atoms with Crippen molar-refractivity contribution in [1.82, 2.24) is 0 Å². The summed E-state index contributed by atoms with van der Waals surface area (Å²) in [5.74, 6) is -0.376. The van der Waals surface area contributed by atoms with E-state index in [-0.39, 0.29) is 5.97 Å². The number of hydrogen-bond donors (Lipinski definition) is 0. The molecule has 3 nitrogen and oxygen atoms in total. The Morgan fingerprint density at radius 1 is 1.20 bits per heavy atom. The van der Waals surface area contributed by atoms with Crippen molar-refractivity contribution in [3.63, 3.8) is 0 Å². The maximum atomic E-state index is 11.6. The van der Waals surface area contributed by atoms with Crippen molar-refractivity contribution in [1.29, 1.82) is 5.26 Å². The fraction of sp³-hybridized carbons (Fsp3) is 0.0667. The van der Waals surface area contributed by atoms with Crippen LogP contribution in [0.3, 0.4) is 0 Å². The predicted molar refractivity (Wildman–Crippen MR) is 80.8 cm³/mol. The van der Waals surface area contributed by atoms with Crippen molar-refractivity contribution in [2.45, 2.75) is 9.79 Å². The summed E-state index contributed by atoms with van der Waals surface area (Å²) < 4.78 is 5.44. The second kappa shape index (κ2) is 6.60. The number of methoxy groups -OCH3 is 1. The third-order valence-corrected chi connectivity index (χ3v) is 4.25. The number of ether oxygens (including phenoxy) is 1. The van der Waals surface area contributed by atoms with Crippen molar-refractivity contribution in [3.05, 3.63) is 58.1 Å². The van der Waals surface area contributed by atoms with Crippen LogP contribution in [-0.2, 0) is 4.74 Å². The van der Waals surface area contributed by atoms with E-state index in [0.29, 0.717) is 15.6 Å². The highest BCUT2D eigenvalue weighted by atomic mass is 79.9. The molecule has 100 valence electrons. The van der Waals surface area contributed by atoms with Gasteiger partial charge >= 0.3 is 5.97 Å². The van der Waals surface area contributed by atoms with Crippen LogP contribution in [0.25, 0.3) is 0 Å². The molecule has 2 rings (SSSR count). The molecule has 0 heterocycles. The van der Waals surface area contributed by atoms with E-state index < -0.39 is 0 Å². The smallest absolute Gasteiger partial charge is 0.339 e.